The number of nitrogens with one attached hydrogen (secondary N) is 1. The van der Waals surface area contributed by atoms with Crippen LogP contribution < -0.4 is 10.1 Å². The smallest absolute Gasteiger partial charge is 0.232 e. The largest absolute Gasteiger partial charge is 0.496 e. The van der Waals surface area contributed by atoms with E-state index in [1.165, 1.54) is 0 Å². The van der Waals surface area contributed by atoms with E-state index in [0.717, 1.165) is 42.6 Å². The number of para-hydroxylation sites is 1. The second-order valence-corrected chi connectivity index (χ2v) is 6.78. The maximum Gasteiger partial charge on any atom is 0.232 e. The molecule has 0 saturated carbocycles. The van der Waals surface area contributed by atoms with E-state index in [0.29, 0.717) is 13.0 Å². The molecule has 0 aliphatic carbocycles. The first-order valence-corrected chi connectivity index (χ1v) is 9.71. The van der Waals surface area contributed by atoms with Gasteiger partial charge in [-0.15, -0.1) is 0 Å². The first-order chi connectivity index (χ1) is 13.2. The van der Waals surface area contributed by atoms with E-state index in [4.69, 9.17) is 4.74 Å². The van der Waals surface area contributed by atoms with Crippen molar-refractivity contribution in [2.75, 3.05) is 7.11 Å². The van der Waals surface area contributed by atoms with Crippen molar-refractivity contribution >= 4 is 0 Å². The summed E-state index contributed by atoms with van der Waals surface area (Å²) in [6.45, 7) is 2.66. The molecule has 2 aromatic carbocycles. The number of hydrogen-bond donors (Lipinski definition) is 1. The van der Waals surface area contributed by atoms with Crippen molar-refractivity contribution in [2.45, 2.75) is 57.7 Å². The summed E-state index contributed by atoms with van der Waals surface area (Å²) >= 11 is 0. The number of nitrogens with zero attached hydrogens (tertiary/aromatic N) is 1. The van der Waals surface area contributed by atoms with Crippen molar-refractivity contribution in [3.8, 4) is 5.75 Å². The highest BCUT2D eigenvalue weighted by atomic mass is 16.6. The van der Waals surface area contributed by atoms with Gasteiger partial charge >= 0.3 is 0 Å². The molecule has 0 heterocycles. The van der Waals surface area contributed by atoms with Crippen LogP contribution in [-0.4, -0.2) is 18.1 Å². The maximum atomic E-state index is 11.9. The van der Waals surface area contributed by atoms with Crippen LogP contribution in [-0.2, 0) is 6.54 Å². The number of rotatable bonds is 12. The maximum absolute atomic E-state index is 11.9. The van der Waals surface area contributed by atoms with Gasteiger partial charge in [0.15, 0.2) is 0 Å². The fourth-order valence-corrected chi connectivity index (χ4v) is 3.38. The van der Waals surface area contributed by atoms with Crippen LogP contribution in [0.15, 0.2) is 54.6 Å². The Morgan fingerprint density at radius 2 is 1.74 bits per heavy atom. The van der Waals surface area contributed by atoms with Gasteiger partial charge in [-0.05, 0) is 18.1 Å². The molecule has 0 unspecified atom stereocenters. The average Bonchev–Trinajstić information content (AvgIpc) is 2.70. The Bertz CT molecular complexity index is 691. The Balaban J connectivity index is 2.18. The summed E-state index contributed by atoms with van der Waals surface area (Å²) in [5.74, 6) is 0.789. The van der Waals surface area contributed by atoms with Gasteiger partial charge in [-0.1, -0.05) is 74.7 Å². The first kappa shape index (κ1) is 20.9. The second kappa shape index (κ2) is 11.3. The van der Waals surface area contributed by atoms with Crippen molar-refractivity contribution in [3.63, 3.8) is 0 Å². The number of ether oxygens (including phenoxy) is 1. The fraction of sp³-hybridized carbons (Fsp3) is 0.455. The molecule has 2 aromatic rings. The monoisotopic (exact) mass is 370 g/mol. The molecule has 2 atom stereocenters. The Kier molecular flexibility index (Phi) is 8.78. The molecule has 27 heavy (non-hydrogen) atoms. The van der Waals surface area contributed by atoms with Crippen LogP contribution in [0, 0.1) is 10.1 Å². The van der Waals surface area contributed by atoms with Gasteiger partial charge in [0, 0.05) is 23.5 Å². The summed E-state index contributed by atoms with van der Waals surface area (Å²) in [5.41, 5.74) is 1.94. The van der Waals surface area contributed by atoms with Crippen molar-refractivity contribution < 1.29 is 9.66 Å². The highest BCUT2D eigenvalue weighted by molar-refractivity contribution is 5.33. The Labute approximate surface area is 161 Å². The molecule has 0 amide bonds. The van der Waals surface area contributed by atoms with E-state index in [1.54, 1.807) is 7.11 Å². The van der Waals surface area contributed by atoms with Crippen molar-refractivity contribution in [2.24, 2.45) is 0 Å². The van der Waals surface area contributed by atoms with Crippen LogP contribution in [0.4, 0.5) is 0 Å². The minimum Gasteiger partial charge on any atom is -0.496 e. The Morgan fingerprint density at radius 1 is 1.04 bits per heavy atom. The molecule has 0 fully saturated rings. The van der Waals surface area contributed by atoms with E-state index in [1.807, 2.05) is 54.6 Å². The molecule has 5 nitrogen and oxygen atoms in total. The summed E-state index contributed by atoms with van der Waals surface area (Å²) < 4.78 is 5.41. The lowest BCUT2D eigenvalue weighted by Gasteiger charge is -2.23. The molecule has 0 aliphatic heterocycles. The topological polar surface area (TPSA) is 64.4 Å². The number of nitro groups is 1. The molecule has 0 aromatic heterocycles. The first-order valence-electron chi connectivity index (χ1n) is 9.71. The van der Waals surface area contributed by atoms with Crippen LogP contribution in [0.3, 0.4) is 0 Å². The lowest BCUT2D eigenvalue weighted by molar-refractivity contribution is -0.529. The van der Waals surface area contributed by atoms with Gasteiger partial charge in [0.2, 0.25) is 6.04 Å². The van der Waals surface area contributed by atoms with Crippen molar-refractivity contribution in [3.05, 3.63) is 75.8 Å². The molecule has 0 saturated heterocycles. The third kappa shape index (κ3) is 6.36. The molecular formula is C22H30N2O3. The summed E-state index contributed by atoms with van der Waals surface area (Å²) in [4.78, 5) is 11.7. The molecule has 0 spiro atoms. The van der Waals surface area contributed by atoms with E-state index >= 15 is 0 Å². The Hall–Kier alpha value is -2.40. The standard InChI is InChI=1S/C22H30N2O3/c1-3-4-5-9-15-20(24(25)26)22(18-12-7-6-8-13-18)23-17-19-14-10-11-16-21(19)27-2/h6-8,10-14,16,20,22-23H,3-5,9,15,17H2,1-2H3/t20-,22+/m1/s1. The summed E-state index contributed by atoms with van der Waals surface area (Å²) in [7, 11) is 1.64. The minimum atomic E-state index is -0.654. The predicted octanol–water partition coefficient (Wildman–Crippen LogP) is 5.14. The third-order valence-electron chi connectivity index (χ3n) is 4.87. The van der Waals surface area contributed by atoms with E-state index in [2.05, 4.69) is 12.2 Å². The van der Waals surface area contributed by atoms with E-state index < -0.39 is 6.04 Å². The number of benzene rings is 2. The van der Waals surface area contributed by atoms with Gasteiger partial charge in [0.1, 0.15) is 11.8 Å². The lowest BCUT2D eigenvalue weighted by Crippen LogP contribution is -2.37. The fourth-order valence-electron chi connectivity index (χ4n) is 3.38. The van der Waals surface area contributed by atoms with Gasteiger partial charge in [0.25, 0.3) is 0 Å². The van der Waals surface area contributed by atoms with Gasteiger partial charge in [-0.2, -0.15) is 0 Å². The molecule has 1 N–H and O–H groups in total. The summed E-state index contributed by atoms with van der Waals surface area (Å²) in [5, 5.41) is 15.3. The molecule has 2 rings (SSSR count). The third-order valence-corrected chi connectivity index (χ3v) is 4.87. The van der Waals surface area contributed by atoms with Crippen LogP contribution in [0.5, 0.6) is 5.75 Å². The highest BCUT2D eigenvalue weighted by Crippen LogP contribution is 2.25. The molecule has 0 bridgehead atoms. The van der Waals surface area contributed by atoms with Gasteiger partial charge < -0.3 is 10.1 Å². The molecule has 5 heteroatoms. The van der Waals surface area contributed by atoms with Crippen LogP contribution in [0.25, 0.3) is 0 Å². The lowest BCUT2D eigenvalue weighted by atomic mass is 9.94. The Morgan fingerprint density at radius 3 is 2.41 bits per heavy atom. The second-order valence-electron chi connectivity index (χ2n) is 6.78. The van der Waals surface area contributed by atoms with Crippen LogP contribution in [0.2, 0.25) is 0 Å². The molecule has 0 radical (unpaired) electrons. The average molecular weight is 370 g/mol. The van der Waals surface area contributed by atoms with E-state index in [-0.39, 0.29) is 11.0 Å². The van der Waals surface area contributed by atoms with E-state index in [9.17, 15) is 10.1 Å². The number of methoxy groups -OCH3 is 1. The van der Waals surface area contributed by atoms with Crippen molar-refractivity contribution in [1.29, 1.82) is 0 Å². The normalized spacial score (nSPS) is 13.1. The zero-order valence-electron chi connectivity index (χ0n) is 16.3. The van der Waals surface area contributed by atoms with Crippen molar-refractivity contribution in [1.82, 2.24) is 5.32 Å². The van der Waals surface area contributed by atoms with Crippen LogP contribution >= 0.6 is 0 Å². The zero-order valence-corrected chi connectivity index (χ0v) is 16.3. The molecular weight excluding hydrogens is 340 g/mol. The zero-order chi connectivity index (χ0) is 19.5. The quantitative estimate of drug-likeness (QED) is 0.319. The summed E-state index contributed by atoms with van der Waals surface area (Å²) in [6.07, 6.45) is 4.73. The molecule has 146 valence electrons. The van der Waals surface area contributed by atoms with Gasteiger partial charge in [0.05, 0.1) is 7.11 Å². The molecule has 0 aliphatic rings. The number of hydrogen-bond acceptors (Lipinski definition) is 4. The minimum absolute atomic E-state index is 0.126. The summed E-state index contributed by atoms with van der Waals surface area (Å²) in [6, 6.07) is 16.5. The SMILES string of the molecule is CCCCCC[C@H]([C@@H](NCc1ccccc1OC)c1ccccc1)[N+](=O)[O-]. The highest BCUT2D eigenvalue weighted by Gasteiger charge is 2.32. The predicted molar refractivity (Wildman–Crippen MR) is 109 cm³/mol. The van der Waals surface area contributed by atoms with Crippen LogP contribution in [0.1, 0.15) is 56.2 Å². The van der Waals surface area contributed by atoms with Gasteiger partial charge in [-0.25, -0.2) is 0 Å². The number of unbranched alkanes of at least 4 members (excludes halogenated alkanes) is 3. The van der Waals surface area contributed by atoms with Gasteiger partial charge in [-0.3, -0.25) is 10.1 Å².